The maximum Gasteiger partial charge on any atom is 0.236 e. The lowest BCUT2D eigenvalue weighted by Gasteiger charge is -2.32. The molecule has 4 aromatic rings. The third-order valence-corrected chi connectivity index (χ3v) is 7.24. The van der Waals surface area contributed by atoms with Crippen LogP contribution < -0.4 is 0 Å². The van der Waals surface area contributed by atoms with Gasteiger partial charge in [-0.2, -0.15) is 5.10 Å². The molecule has 0 atom stereocenters. The number of amides is 1. The third kappa shape index (κ3) is 3.98. The second kappa shape index (κ2) is 8.87. The van der Waals surface area contributed by atoms with Crippen molar-refractivity contribution in [2.75, 3.05) is 33.7 Å². The predicted octanol–water partition coefficient (Wildman–Crippen LogP) is 4.58. The fourth-order valence-electron chi connectivity index (χ4n) is 5.28. The van der Waals surface area contributed by atoms with Crippen molar-refractivity contribution in [1.82, 2.24) is 29.4 Å². The summed E-state index contributed by atoms with van der Waals surface area (Å²) in [7, 11) is 3.65. The van der Waals surface area contributed by atoms with Crippen molar-refractivity contribution < 1.29 is 4.79 Å². The highest BCUT2D eigenvalue weighted by Gasteiger charge is 2.24. The number of likely N-dealkylation sites (N-methyl/N-ethyl adjacent to an activating group) is 1. The van der Waals surface area contributed by atoms with Crippen molar-refractivity contribution in [2.45, 2.75) is 45.4 Å². The van der Waals surface area contributed by atoms with Crippen LogP contribution in [0, 0.1) is 6.92 Å². The van der Waals surface area contributed by atoms with Crippen LogP contribution in [0.15, 0.2) is 36.7 Å². The summed E-state index contributed by atoms with van der Waals surface area (Å²) >= 11 is 0. The Bertz CT molecular complexity index is 1340. The van der Waals surface area contributed by atoms with E-state index in [-0.39, 0.29) is 5.91 Å². The Balaban J connectivity index is 1.47. The van der Waals surface area contributed by atoms with E-state index in [0.717, 1.165) is 54.0 Å². The molecule has 0 bridgehead atoms. The number of nitrogens with one attached hydrogen (secondary N) is 1. The number of likely N-dealkylation sites (tertiary alicyclic amines) is 1. The standard InChI is InChI=1S/C27H34N6O/c1-17(2)25-22-14-20(19-10-12-32(13-11-19)15-24(34)31(4)5)7-9-23(22)30-26(25)21-8-6-18(3)33-27(21)28-16-29-33/h6-9,14,16-17,19,30H,10-13,15H2,1-5H3. The summed E-state index contributed by atoms with van der Waals surface area (Å²) in [5.41, 5.74) is 8.07. The van der Waals surface area contributed by atoms with Gasteiger partial charge in [0.2, 0.25) is 5.91 Å². The fourth-order valence-corrected chi connectivity index (χ4v) is 5.28. The van der Waals surface area contributed by atoms with Crippen LogP contribution >= 0.6 is 0 Å². The number of carbonyl (C=O) groups excluding carboxylic acids is 1. The van der Waals surface area contributed by atoms with Gasteiger partial charge < -0.3 is 9.88 Å². The number of aromatic amines is 1. The number of piperidine rings is 1. The van der Waals surface area contributed by atoms with Gasteiger partial charge in [-0.25, -0.2) is 9.50 Å². The molecule has 0 aliphatic carbocycles. The Hall–Kier alpha value is -3.19. The molecule has 1 amide bonds. The van der Waals surface area contributed by atoms with E-state index < -0.39 is 0 Å². The zero-order valence-electron chi connectivity index (χ0n) is 20.8. The molecule has 178 valence electrons. The fraction of sp³-hybridized carbons (Fsp3) is 0.444. The van der Waals surface area contributed by atoms with Crippen LogP contribution in [0.3, 0.4) is 0 Å². The minimum atomic E-state index is 0.180. The molecule has 1 saturated heterocycles. The van der Waals surface area contributed by atoms with Crippen molar-refractivity contribution in [1.29, 1.82) is 0 Å². The monoisotopic (exact) mass is 458 g/mol. The lowest BCUT2D eigenvalue weighted by atomic mass is 9.87. The van der Waals surface area contributed by atoms with E-state index in [2.05, 4.69) is 64.1 Å². The number of aromatic nitrogens is 4. The summed E-state index contributed by atoms with van der Waals surface area (Å²) in [6, 6.07) is 11.2. The van der Waals surface area contributed by atoms with E-state index >= 15 is 0 Å². The highest BCUT2D eigenvalue weighted by Crippen LogP contribution is 2.39. The molecule has 1 aromatic carbocycles. The zero-order valence-corrected chi connectivity index (χ0v) is 20.8. The van der Waals surface area contributed by atoms with Crippen LogP contribution in [0.5, 0.6) is 0 Å². The molecule has 34 heavy (non-hydrogen) atoms. The molecule has 4 heterocycles. The predicted molar refractivity (Wildman–Crippen MR) is 136 cm³/mol. The maximum absolute atomic E-state index is 12.1. The van der Waals surface area contributed by atoms with Crippen molar-refractivity contribution in [2.24, 2.45) is 0 Å². The largest absolute Gasteiger partial charge is 0.354 e. The van der Waals surface area contributed by atoms with E-state index in [1.54, 1.807) is 11.2 Å². The number of hydrogen-bond acceptors (Lipinski definition) is 4. The maximum atomic E-state index is 12.1. The SMILES string of the molecule is Cc1ccc(-c2[nH]c3ccc(C4CCN(CC(=O)N(C)C)CC4)cc3c2C(C)C)c2ncnn12. The molecule has 0 radical (unpaired) electrons. The molecule has 1 aliphatic rings. The van der Waals surface area contributed by atoms with Crippen molar-refractivity contribution >= 4 is 22.5 Å². The molecule has 1 aliphatic heterocycles. The highest BCUT2D eigenvalue weighted by atomic mass is 16.2. The number of benzene rings is 1. The van der Waals surface area contributed by atoms with Gasteiger partial charge in [0.05, 0.1) is 12.2 Å². The molecule has 3 aromatic heterocycles. The number of hydrogen-bond donors (Lipinski definition) is 1. The van der Waals surface area contributed by atoms with Gasteiger partial charge >= 0.3 is 0 Å². The van der Waals surface area contributed by atoms with E-state index in [4.69, 9.17) is 0 Å². The summed E-state index contributed by atoms with van der Waals surface area (Å²) in [5.74, 6) is 1.07. The van der Waals surface area contributed by atoms with Gasteiger partial charge in [0.15, 0.2) is 5.65 Å². The number of pyridine rings is 1. The average Bonchev–Trinajstić information content (AvgIpc) is 3.45. The summed E-state index contributed by atoms with van der Waals surface area (Å²) in [6.07, 6.45) is 3.79. The molecule has 0 unspecified atom stereocenters. The molecule has 0 spiro atoms. The zero-order chi connectivity index (χ0) is 24.0. The summed E-state index contributed by atoms with van der Waals surface area (Å²) in [5, 5.41) is 5.70. The number of H-pyrrole nitrogens is 1. The first-order chi connectivity index (χ1) is 16.3. The minimum Gasteiger partial charge on any atom is -0.354 e. The van der Waals surface area contributed by atoms with Crippen molar-refractivity contribution in [3.63, 3.8) is 0 Å². The lowest BCUT2D eigenvalue weighted by molar-refractivity contribution is -0.130. The Kier molecular flexibility index (Phi) is 5.90. The first-order valence-electron chi connectivity index (χ1n) is 12.2. The van der Waals surface area contributed by atoms with Crippen LogP contribution in [-0.2, 0) is 4.79 Å². The number of nitrogens with zero attached hydrogens (tertiary/aromatic N) is 5. The topological polar surface area (TPSA) is 69.5 Å². The Morgan fingerprint density at radius 2 is 1.94 bits per heavy atom. The van der Waals surface area contributed by atoms with Gasteiger partial charge in [-0.1, -0.05) is 19.9 Å². The minimum absolute atomic E-state index is 0.180. The van der Waals surface area contributed by atoms with Crippen LogP contribution in [0.2, 0.25) is 0 Å². The van der Waals surface area contributed by atoms with Crippen molar-refractivity contribution in [3.8, 4) is 11.3 Å². The van der Waals surface area contributed by atoms with E-state index in [1.807, 2.05) is 25.5 Å². The molecule has 0 saturated carbocycles. The van der Waals surface area contributed by atoms with Gasteiger partial charge in [-0.15, -0.1) is 0 Å². The van der Waals surface area contributed by atoms with Gasteiger partial charge in [-0.3, -0.25) is 9.69 Å². The van der Waals surface area contributed by atoms with Gasteiger partial charge in [0.25, 0.3) is 0 Å². The summed E-state index contributed by atoms with van der Waals surface area (Å²) in [6.45, 7) is 9.01. The molecular formula is C27H34N6O. The van der Waals surface area contributed by atoms with Gasteiger partial charge in [0.1, 0.15) is 6.33 Å². The number of carbonyl (C=O) groups is 1. The highest BCUT2D eigenvalue weighted by molar-refractivity contribution is 5.94. The Labute approximate surface area is 200 Å². The van der Waals surface area contributed by atoms with Crippen molar-refractivity contribution in [3.05, 3.63) is 53.5 Å². The smallest absolute Gasteiger partial charge is 0.236 e. The number of fused-ring (bicyclic) bond motifs is 2. The normalized spacial score (nSPS) is 15.6. The van der Waals surface area contributed by atoms with Crippen LogP contribution in [-0.4, -0.2) is 69.0 Å². The van der Waals surface area contributed by atoms with Gasteiger partial charge in [-0.05, 0) is 80.1 Å². The van der Waals surface area contributed by atoms with E-state index in [9.17, 15) is 4.79 Å². The molecule has 7 nitrogen and oxygen atoms in total. The molecule has 7 heteroatoms. The van der Waals surface area contributed by atoms with E-state index in [1.165, 1.54) is 16.5 Å². The van der Waals surface area contributed by atoms with Crippen LogP contribution in [0.25, 0.3) is 27.8 Å². The quantitative estimate of drug-likeness (QED) is 0.475. The van der Waals surface area contributed by atoms with E-state index in [0.29, 0.717) is 18.4 Å². The first kappa shape index (κ1) is 22.6. The third-order valence-electron chi connectivity index (χ3n) is 7.24. The number of aryl methyl sites for hydroxylation is 1. The molecule has 1 N–H and O–H groups in total. The molecule has 1 fully saturated rings. The van der Waals surface area contributed by atoms with Crippen LogP contribution in [0.1, 0.15) is 55.3 Å². The molecular weight excluding hydrogens is 424 g/mol. The summed E-state index contributed by atoms with van der Waals surface area (Å²) < 4.78 is 1.91. The second-order valence-corrected chi connectivity index (χ2v) is 10.1. The second-order valence-electron chi connectivity index (χ2n) is 10.1. The summed E-state index contributed by atoms with van der Waals surface area (Å²) in [4.78, 5) is 24.3. The lowest BCUT2D eigenvalue weighted by Crippen LogP contribution is -2.40. The Morgan fingerprint density at radius 1 is 1.18 bits per heavy atom. The Morgan fingerprint density at radius 3 is 2.65 bits per heavy atom. The van der Waals surface area contributed by atoms with Crippen LogP contribution in [0.4, 0.5) is 0 Å². The first-order valence-corrected chi connectivity index (χ1v) is 12.2. The average molecular weight is 459 g/mol. The molecule has 5 rings (SSSR count). The number of rotatable bonds is 5. The van der Waals surface area contributed by atoms with Gasteiger partial charge in [0, 0.05) is 36.3 Å².